The van der Waals surface area contributed by atoms with Crippen LogP contribution < -0.4 is 9.47 Å². The monoisotopic (exact) mass is 418 g/mol. The van der Waals surface area contributed by atoms with Crippen LogP contribution in [0.25, 0.3) is 22.5 Å². The van der Waals surface area contributed by atoms with Crippen LogP contribution in [0.3, 0.4) is 0 Å². The molecule has 0 aliphatic carbocycles. The van der Waals surface area contributed by atoms with Crippen LogP contribution in [0.1, 0.15) is 16.3 Å². The molecule has 0 bridgehead atoms. The van der Waals surface area contributed by atoms with Gasteiger partial charge in [-0.05, 0) is 42.5 Å². The van der Waals surface area contributed by atoms with E-state index in [-0.39, 0.29) is 5.76 Å². The summed E-state index contributed by atoms with van der Waals surface area (Å²) in [6.45, 7) is 0.341. The highest BCUT2D eigenvalue weighted by Gasteiger charge is 2.16. The van der Waals surface area contributed by atoms with Gasteiger partial charge >= 0.3 is 5.97 Å². The van der Waals surface area contributed by atoms with Crippen molar-refractivity contribution in [3.05, 3.63) is 78.3 Å². The van der Waals surface area contributed by atoms with Gasteiger partial charge in [0.25, 0.3) is 0 Å². The quantitative estimate of drug-likeness (QED) is 0.406. The minimum absolute atomic E-state index is 0.153. The molecular formula is C24H22N2O5. The Kier molecular flexibility index (Phi) is 5.75. The third-order valence-corrected chi connectivity index (χ3v) is 4.86. The van der Waals surface area contributed by atoms with Crippen molar-refractivity contribution in [2.24, 2.45) is 0 Å². The average molecular weight is 418 g/mol. The maximum atomic E-state index is 11.7. The third kappa shape index (κ3) is 4.30. The molecule has 2 aromatic carbocycles. The van der Waals surface area contributed by atoms with Crippen LogP contribution >= 0.6 is 0 Å². The molecule has 158 valence electrons. The van der Waals surface area contributed by atoms with Crippen molar-refractivity contribution in [3.63, 3.8) is 0 Å². The van der Waals surface area contributed by atoms with E-state index in [1.54, 1.807) is 26.4 Å². The minimum Gasteiger partial charge on any atom is -0.497 e. The van der Waals surface area contributed by atoms with Gasteiger partial charge in [-0.15, -0.1) is 0 Å². The van der Waals surface area contributed by atoms with Crippen LogP contribution in [-0.4, -0.2) is 37.1 Å². The first kappa shape index (κ1) is 20.3. The van der Waals surface area contributed by atoms with Crippen LogP contribution in [0.5, 0.6) is 11.5 Å². The number of nitrogens with zero attached hydrogens (tertiary/aromatic N) is 2. The van der Waals surface area contributed by atoms with Crippen LogP contribution in [0.15, 0.2) is 71.1 Å². The molecule has 0 saturated carbocycles. The Balaban J connectivity index is 1.77. The van der Waals surface area contributed by atoms with Gasteiger partial charge in [0.15, 0.2) is 0 Å². The number of methoxy groups -OCH3 is 3. The first-order valence-corrected chi connectivity index (χ1v) is 9.65. The Morgan fingerprint density at radius 3 is 2.26 bits per heavy atom. The topological polar surface area (TPSA) is 75.7 Å². The summed E-state index contributed by atoms with van der Waals surface area (Å²) in [5.74, 6) is 1.73. The molecule has 4 rings (SSSR count). The molecule has 0 aliphatic rings. The highest BCUT2D eigenvalue weighted by Crippen LogP contribution is 2.30. The van der Waals surface area contributed by atoms with Crippen LogP contribution in [0.4, 0.5) is 0 Å². The summed E-state index contributed by atoms with van der Waals surface area (Å²) in [6, 6.07) is 20.8. The lowest BCUT2D eigenvalue weighted by atomic mass is 10.1. The standard InChI is InChI=1S/C24H22N2O5/c1-28-18-8-4-6-16(12-18)21-14-22(17-7-5-9-19(13-17)29-2)26(25-21)15-20-10-11-23(31-20)24(27)30-3/h4-14H,15H2,1-3H3. The van der Waals surface area contributed by atoms with Crippen molar-refractivity contribution < 1.29 is 23.4 Å². The molecular weight excluding hydrogens is 396 g/mol. The van der Waals surface area contributed by atoms with Gasteiger partial charge in [0.1, 0.15) is 17.3 Å². The molecule has 0 radical (unpaired) electrons. The van der Waals surface area contributed by atoms with Gasteiger partial charge in [0.2, 0.25) is 5.76 Å². The molecule has 2 aromatic heterocycles. The Bertz CT molecular complexity index is 1210. The predicted octanol–water partition coefficient (Wildman–Crippen LogP) is 4.66. The predicted molar refractivity (Wildman–Crippen MR) is 115 cm³/mol. The van der Waals surface area contributed by atoms with Crippen molar-refractivity contribution in [1.29, 1.82) is 0 Å². The summed E-state index contributed by atoms with van der Waals surface area (Å²) >= 11 is 0. The van der Waals surface area contributed by atoms with Gasteiger partial charge in [-0.1, -0.05) is 24.3 Å². The average Bonchev–Trinajstić information content (AvgIpc) is 3.46. The zero-order valence-corrected chi connectivity index (χ0v) is 17.5. The number of aromatic nitrogens is 2. The van der Waals surface area contributed by atoms with Gasteiger partial charge < -0.3 is 18.6 Å². The van der Waals surface area contributed by atoms with Crippen molar-refractivity contribution >= 4 is 5.97 Å². The lowest BCUT2D eigenvalue weighted by Gasteiger charge is -2.07. The normalized spacial score (nSPS) is 10.7. The van der Waals surface area contributed by atoms with E-state index < -0.39 is 5.97 Å². The maximum absolute atomic E-state index is 11.7. The molecule has 0 unspecified atom stereocenters. The molecule has 7 heteroatoms. The number of benzene rings is 2. The highest BCUT2D eigenvalue weighted by molar-refractivity contribution is 5.86. The number of rotatable bonds is 7. The second-order valence-corrected chi connectivity index (χ2v) is 6.79. The number of ether oxygens (including phenoxy) is 3. The summed E-state index contributed by atoms with van der Waals surface area (Å²) in [6.07, 6.45) is 0. The first-order valence-electron chi connectivity index (χ1n) is 9.65. The molecule has 4 aromatic rings. The van der Waals surface area contributed by atoms with E-state index in [9.17, 15) is 4.79 Å². The molecule has 0 amide bonds. The van der Waals surface area contributed by atoms with Crippen molar-refractivity contribution in [1.82, 2.24) is 9.78 Å². The van der Waals surface area contributed by atoms with Gasteiger partial charge in [-0.3, -0.25) is 4.68 Å². The fraction of sp³-hybridized carbons (Fsp3) is 0.167. The summed E-state index contributed by atoms with van der Waals surface area (Å²) in [5.41, 5.74) is 3.54. The summed E-state index contributed by atoms with van der Waals surface area (Å²) in [4.78, 5) is 11.7. The van der Waals surface area contributed by atoms with E-state index >= 15 is 0 Å². The van der Waals surface area contributed by atoms with Gasteiger partial charge in [0, 0.05) is 11.1 Å². The SMILES string of the molecule is COC(=O)c1ccc(Cn2nc(-c3cccc(OC)c3)cc2-c2cccc(OC)c2)o1. The molecule has 0 fully saturated rings. The Hall–Kier alpha value is -4.00. The van der Waals surface area contributed by atoms with Gasteiger partial charge in [-0.2, -0.15) is 5.10 Å². The lowest BCUT2D eigenvalue weighted by Crippen LogP contribution is -2.04. The number of carbonyl (C=O) groups excluding carboxylic acids is 1. The largest absolute Gasteiger partial charge is 0.497 e. The molecule has 0 N–H and O–H groups in total. The fourth-order valence-corrected chi connectivity index (χ4v) is 3.30. The molecule has 0 atom stereocenters. The maximum Gasteiger partial charge on any atom is 0.373 e. The Morgan fingerprint density at radius 1 is 0.903 bits per heavy atom. The molecule has 0 saturated heterocycles. The second kappa shape index (κ2) is 8.79. The van der Waals surface area contributed by atoms with E-state index in [1.165, 1.54) is 7.11 Å². The highest BCUT2D eigenvalue weighted by atomic mass is 16.5. The van der Waals surface area contributed by atoms with E-state index in [1.807, 2.05) is 59.3 Å². The summed E-state index contributed by atoms with van der Waals surface area (Å²) in [7, 11) is 4.59. The fourth-order valence-electron chi connectivity index (χ4n) is 3.30. The summed E-state index contributed by atoms with van der Waals surface area (Å²) in [5, 5.41) is 4.80. The van der Waals surface area contributed by atoms with Crippen LogP contribution in [0, 0.1) is 0 Å². The number of esters is 1. The third-order valence-electron chi connectivity index (χ3n) is 4.86. The molecule has 2 heterocycles. The Labute approximate surface area is 179 Å². The number of hydrogen-bond donors (Lipinski definition) is 0. The van der Waals surface area contributed by atoms with Crippen molar-refractivity contribution in [3.8, 4) is 34.0 Å². The summed E-state index contributed by atoms with van der Waals surface area (Å²) < 4.78 is 22.9. The van der Waals surface area contributed by atoms with E-state index in [0.29, 0.717) is 12.3 Å². The lowest BCUT2D eigenvalue weighted by molar-refractivity contribution is 0.0563. The smallest absolute Gasteiger partial charge is 0.373 e. The number of carbonyl (C=O) groups is 1. The van der Waals surface area contributed by atoms with Gasteiger partial charge in [0.05, 0.1) is 39.3 Å². The molecule has 0 aliphatic heterocycles. The molecule has 7 nitrogen and oxygen atoms in total. The van der Waals surface area contributed by atoms with E-state index in [0.717, 1.165) is 34.0 Å². The Morgan fingerprint density at radius 2 is 1.58 bits per heavy atom. The number of hydrogen-bond acceptors (Lipinski definition) is 6. The van der Waals surface area contributed by atoms with E-state index in [4.69, 9.17) is 23.7 Å². The van der Waals surface area contributed by atoms with Gasteiger partial charge in [-0.25, -0.2) is 4.79 Å². The van der Waals surface area contributed by atoms with Crippen LogP contribution in [0.2, 0.25) is 0 Å². The zero-order valence-electron chi connectivity index (χ0n) is 17.5. The molecule has 31 heavy (non-hydrogen) atoms. The zero-order chi connectivity index (χ0) is 21.8. The van der Waals surface area contributed by atoms with E-state index in [2.05, 4.69) is 0 Å². The van der Waals surface area contributed by atoms with Crippen molar-refractivity contribution in [2.45, 2.75) is 6.54 Å². The van der Waals surface area contributed by atoms with Crippen LogP contribution in [-0.2, 0) is 11.3 Å². The molecule has 0 spiro atoms. The number of furan rings is 1. The second-order valence-electron chi connectivity index (χ2n) is 6.79. The van der Waals surface area contributed by atoms with Crippen molar-refractivity contribution in [2.75, 3.05) is 21.3 Å². The minimum atomic E-state index is -0.517. The first-order chi connectivity index (χ1) is 15.1.